The van der Waals surface area contributed by atoms with Crippen LogP contribution in [-0.4, -0.2) is 38.7 Å². The highest BCUT2D eigenvalue weighted by Crippen LogP contribution is 2.20. The average molecular weight is 312 g/mol. The number of amides is 2. The Morgan fingerprint density at radius 2 is 2.14 bits per heavy atom. The minimum absolute atomic E-state index is 0.0122. The number of urea groups is 1. The van der Waals surface area contributed by atoms with Gasteiger partial charge in [0.1, 0.15) is 5.75 Å². The van der Waals surface area contributed by atoms with Gasteiger partial charge in [-0.2, -0.15) is 0 Å². The summed E-state index contributed by atoms with van der Waals surface area (Å²) in [5.74, 6) is 0.869. The summed E-state index contributed by atoms with van der Waals surface area (Å²) in [6.07, 6.45) is 0.466. The number of hydrogen-bond acceptors (Lipinski definition) is 4. The van der Waals surface area contributed by atoms with Gasteiger partial charge in [-0.3, -0.25) is 0 Å². The summed E-state index contributed by atoms with van der Waals surface area (Å²) in [6, 6.07) is 4.99. The molecule has 1 atom stereocenters. The van der Waals surface area contributed by atoms with Crippen molar-refractivity contribution in [2.24, 2.45) is 0 Å². The van der Waals surface area contributed by atoms with Crippen molar-refractivity contribution >= 4 is 15.9 Å². The molecule has 0 aliphatic carbocycles. The molecule has 0 aromatic heterocycles. The third kappa shape index (κ3) is 4.35. The summed E-state index contributed by atoms with van der Waals surface area (Å²) in [5.41, 5.74) is 2.15. The van der Waals surface area contributed by atoms with Crippen LogP contribution < -0.4 is 15.4 Å². The lowest BCUT2D eigenvalue weighted by molar-refractivity contribution is 0.221. The van der Waals surface area contributed by atoms with Crippen LogP contribution in [0.1, 0.15) is 17.5 Å². The van der Waals surface area contributed by atoms with Gasteiger partial charge >= 0.3 is 6.03 Å². The molecule has 2 rings (SSSR count). The maximum absolute atomic E-state index is 11.7. The Morgan fingerprint density at radius 3 is 2.81 bits per heavy atom. The number of aryl methyl sites for hydroxylation is 1. The first-order valence-corrected chi connectivity index (χ1v) is 8.63. The Labute approximate surface area is 124 Å². The van der Waals surface area contributed by atoms with Crippen molar-refractivity contribution in [3.05, 3.63) is 29.3 Å². The molecule has 1 aliphatic heterocycles. The quantitative estimate of drug-likeness (QED) is 0.816. The Morgan fingerprint density at radius 1 is 1.38 bits per heavy atom. The molecule has 1 fully saturated rings. The third-order valence-electron chi connectivity index (χ3n) is 3.58. The molecule has 0 bridgehead atoms. The number of nitrogens with one attached hydrogen (secondary N) is 2. The Bertz CT molecular complexity index is 628. The van der Waals surface area contributed by atoms with Crippen LogP contribution in [0.5, 0.6) is 5.75 Å². The highest BCUT2D eigenvalue weighted by atomic mass is 32.2. The lowest BCUT2D eigenvalue weighted by Gasteiger charge is -2.14. The topological polar surface area (TPSA) is 84.5 Å². The van der Waals surface area contributed by atoms with E-state index in [-0.39, 0.29) is 24.3 Å². The molecule has 0 radical (unpaired) electrons. The van der Waals surface area contributed by atoms with Crippen LogP contribution >= 0.6 is 0 Å². The Kier molecular flexibility index (Phi) is 4.72. The van der Waals surface area contributed by atoms with Gasteiger partial charge in [-0.25, -0.2) is 13.2 Å². The Balaban J connectivity index is 1.76. The normalized spacial score (nSPS) is 20.0. The van der Waals surface area contributed by atoms with E-state index >= 15 is 0 Å². The van der Waals surface area contributed by atoms with Gasteiger partial charge in [0.05, 0.1) is 11.5 Å². The van der Waals surface area contributed by atoms with Gasteiger partial charge in [-0.15, -0.1) is 0 Å². The monoisotopic (exact) mass is 312 g/mol. The van der Waals surface area contributed by atoms with Crippen molar-refractivity contribution in [3.63, 3.8) is 0 Å². The summed E-state index contributed by atoms with van der Waals surface area (Å²) in [5, 5.41) is 5.20. The summed E-state index contributed by atoms with van der Waals surface area (Å²) in [6.45, 7) is 3.98. The number of hydrogen-bond donors (Lipinski definition) is 2. The molecule has 1 saturated heterocycles. The molecule has 0 saturated carbocycles. The summed E-state index contributed by atoms with van der Waals surface area (Å²) >= 11 is 0. The lowest BCUT2D eigenvalue weighted by atomic mass is 10.1. The molecule has 6 nitrogen and oxygen atoms in total. The molecule has 2 amide bonds. The smallest absolute Gasteiger partial charge is 0.317 e. The van der Waals surface area contributed by atoms with Gasteiger partial charge in [-0.05, 0) is 37.5 Å². The van der Waals surface area contributed by atoms with E-state index < -0.39 is 15.9 Å². The summed E-state index contributed by atoms with van der Waals surface area (Å²) < 4.78 is 28.1. The largest absolute Gasteiger partial charge is 0.473 e. The van der Waals surface area contributed by atoms with Crippen molar-refractivity contribution in [3.8, 4) is 5.75 Å². The van der Waals surface area contributed by atoms with Gasteiger partial charge in [0, 0.05) is 6.04 Å². The average Bonchev–Trinajstić information content (AvgIpc) is 2.74. The minimum atomic E-state index is -2.99. The van der Waals surface area contributed by atoms with Crippen LogP contribution in [0.2, 0.25) is 0 Å². The number of rotatable bonds is 4. The van der Waals surface area contributed by atoms with E-state index in [4.69, 9.17) is 4.74 Å². The van der Waals surface area contributed by atoms with Gasteiger partial charge in [0.15, 0.2) is 16.6 Å². The van der Waals surface area contributed by atoms with Gasteiger partial charge in [0.2, 0.25) is 0 Å². The van der Waals surface area contributed by atoms with Crippen LogP contribution in [0.15, 0.2) is 18.2 Å². The predicted molar refractivity (Wildman–Crippen MR) is 80.1 cm³/mol. The first kappa shape index (κ1) is 15.6. The van der Waals surface area contributed by atoms with Gasteiger partial charge < -0.3 is 15.4 Å². The van der Waals surface area contributed by atoms with E-state index in [0.29, 0.717) is 6.42 Å². The van der Waals surface area contributed by atoms with Crippen LogP contribution in [0.3, 0.4) is 0 Å². The molecule has 1 unspecified atom stereocenters. The molecule has 1 aromatic rings. The zero-order valence-corrected chi connectivity index (χ0v) is 13.0. The predicted octanol–water partition coefficient (Wildman–Crippen LogP) is 1.13. The highest BCUT2D eigenvalue weighted by Gasteiger charge is 2.28. The third-order valence-corrected chi connectivity index (χ3v) is 5.35. The van der Waals surface area contributed by atoms with Crippen LogP contribution in [0.25, 0.3) is 0 Å². The fourth-order valence-electron chi connectivity index (χ4n) is 2.21. The van der Waals surface area contributed by atoms with E-state index in [0.717, 1.165) is 16.9 Å². The van der Waals surface area contributed by atoms with E-state index in [9.17, 15) is 13.2 Å². The van der Waals surface area contributed by atoms with E-state index in [1.807, 2.05) is 32.0 Å². The van der Waals surface area contributed by atoms with E-state index in [2.05, 4.69) is 10.6 Å². The zero-order valence-electron chi connectivity index (χ0n) is 12.2. The molecule has 2 N–H and O–H groups in total. The molecule has 116 valence electrons. The van der Waals surface area contributed by atoms with Crippen molar-refractivity contribution < 1.29 is 17.9 Å². The summed E-state index contributed by atoms with van der Waals surface area (Å²) in [7, 11) is -2.99. The van der Waals surface area contributed by atoms with Crippen molar-refractivity contribution in [1.82, 2.24) is 10.6 Å². The van der Waals surface area contributed by atoms with Crippen LogP contribution in [-0.2, 0) is 9.84 Å². The highest BCUT2D eigenvalue weighted by molar-refractivity contribution is 7.91. The van der Waals surface area contributed by atoms with Gasteiger partial charge in [-0.1, -0.05) is 12.1 Å². The van der Waals surface area contributed by atoms with E-state index in [1.165, 1.54) is 0 Å². The SMILES string of the molecule is Cc1cccc(OCNC(=O)NC2CCS(=O)(=O)C2)c1C. The first-order valence-electron chi connectivity index (χ1n) is 6.81. The number of ether oxygens (including phenoxy) is 1. The Hall–Kier alpha value is -1.76. The second kappa shape index (κ2) is 6.34. The van der Waals surface area contributed by atoms with Gasteiger partial charge in [0.25, 0.3) is 0 Å². The number of sulfone groups is 1. The number of carbonyl (C=O) groups excluding carboxylic acids is 1. The lowest BCUT2D eigenvalue weighted by Crippen LogP contribution is -2.43. The summed E-state index contributed by atoms with van der Waals surface area (Å²) in [4.78, 5) is 11.7. The molecule has 1 heterocycles. The van der Waals surface area contributed by atoms with Crippen LogP contribution in [0, 0.1) is 13.8 Å². The maximum atomic E-state index is 11.7. The fourth-order valence-corrected chi connectivity index (χ4v) is 3.88. The molecule has 0 spiro atoms. The number of carbonyl (C=O) groups is 1. The molecule has 21 heavy (non-hydrogen) atoms. The molecule has 1 aliphatic rings. The number of benzene rings is 1. The minimum Gasteiger partial charge on any atom is -0.473 e. The second-order valence-corrected chi connectivity index (χ2v) is 7.47. The van der Waals surface area contributed by atoms with Crippen molar-refractivity contribution in [2.45, 2.75) is 26.3 Å². The molecular formula is C14H20N2O4S. The zero-order chi connectivity index (χ0) is 15.5. The fraction of sp³-hybridized carbons (Fsp3) is 0.500. The van der Waals surface area contributed by atoms with E-state index in [1.54, 1.807) is 0 Å². The first-order chi connectivity index (χ1) is 9.87. The molecule has 1 aromatic carbocycles. The van der Waals surface area contributed by atoms with Crippen molar-refractivity contribution in [2.75, 3.05) is 18.2 Å². The second-order valence-electron chi connectivity index (χ2n) is 5.24. The van der Waals surface area contributed by atoms with Crippen LogP contribution in [0.4, 0.5) is 4.79 Å². The molecule has 7 heteroatoms. The molecular weight excluding hydrogens is 292 g/mol. The van der Waals surface area contributed by atoms with Crippen molar-refractivity contribution in [1.29, 1.82) is 0 Å². The maximum Gasteiger partial charge on any atom is 0.317 e. The standard InChI is InChI=1S/C14H20N2O4S/c1-10-4-3-5-13(11(10)2)20-9-15-14(17)16-12-6-7-21(18,19)8-12/h3-5,12H,6-9H2,1-2H3,(H2,15,16,17).